The number of rotatable bonds is 2. The van der Waals surface area contributed by atoms with Crippen LogP contribution in [0.15, 0.2) is 0 Å². The molecule has 0 unspecified atom stereocenters. The van der Waals surface area contributed by atoms with E-state index in [1.807, 2.05) is 18.7 Å². The van der Waals surface area contributed by atoms with Crippen LogP contribution >= 0.6 is 0 Å². The standard InChI is InChI=1S/C15H24N4O3S/c1-11-14(12(2)17-16-11)15(20)19-7-5-18(6-8-19)13-3-9-23(21,22)10-4-13/h13H,3-10H2,1-2H3,(H,16,17). The summed E-state index contributed by atoms with van der Waals surface area (Å²) in [5.74, 6) is 0.633. The maximum Gasteiger partial charge on any atom is 0.257 e. The zero-order chi connectivity index (χ0) is 16.6. The van der Waals surface area contributed by atoms with Gasteiger partial charge in [0.2, 0.25) is 0 Å². The Kier molecular flexibility index (Phi) is 4.46. The zero-order valence-corrected chi connectivity index (χ0v) is 14.5. The lowest BCUT2D eigenvalue weighted by molar-refractivity contribution is 0.0556. The van der Waals surface area contributed by atoms with Crippen molar-refractivity contribution in [3.05, 3.63) is 17.0 Å². The summed E-state index contributed by atoms with van der Waals surface area (Å²) in [6, 6.07) is 0.341. The summed E-state index contributed by atoms with van der Waals surface area (Å²) >= 11 is 0. The van der Waals surface area contributed by atoms with Crippen LogP contribution in [0.1, 0.15) is 34.6 Å². The van der Waals surface area contributed by atoms with Crippen molar-refractivity contribution in [3.63, 3.8) is 0 Å². The van der Waals surface area contributed by atoms with Gasteiger partial charge in [-0.05, 0) is 26.7 Å². The average molecular weight is 340 g/mol. The predicted molar refractivity (Wildman–Crippen MR) is 87.2 cm³/mol. The Balaban J connectivity index is 1.58. The van der Waals surface area contributed by atoms with Gasteiger partial charge in [0.25, 0.3) is 5.91 Å². The first-order valence-electron chi connectivity index (χ1n) is 8.13. The van der Waals surface area contributed by atoms with Crippen LogP contribution in [0.4, 0.5) is 0 Å². The third-order valence-corrected chi connectivity index (χ3v) is 6.70. The Bertz CT molecular complexity index is 656. The number of aromatic nitrogens is 2. The molecule has 2 aliphatic heterocycles. The summed E-state index contributed by atoms with van der Waals surface area (Å²) in [5.41, 5.74) is 2.24. The van der Waals surface area contributed by atoms with Crippen molar-refractivity contribution in [2.45, 2.75) is 32.7 Å². The molecule has 128 valence electrons. The maximum atomic E-state index is 12.6. The van der Waals surface area contributed by atoms with E-state index in [-0.39, 0.29) is 5.91 Å². The van der Waals surface area contributed by atoms with Gasteiger partial charge >= 0.3 is 0 Å². The van der Waals surface area contributed by atoms with Crippen LogP contribution in [-0.2, 0) is 9.84 Å². The predicted octanol–water partition coefficient (Wildman–Crippen LogP) is 0.362. The van der Waals surface area contributed by atoms with E-state index in [1.165, 1.54) is 0 Å². The smallest absolute Gasteiger partial charge is 0.257 e. The monoisotopic (exact) mass is 340 g/mol. The van der Waals surface area contributed by atoms with E-state index >= 15 is 0 Å². The number of aryl methyl sites for hydroxylation is 2. The minimum Gasteiger partial charge on any atom is -0.336 e. The van der Waals surface area contributed by atoms with E-state index in [4.69, 9.17) is 0 Å². The molecule has 1 amide bonds. The van der Waals surface area contributed by atoms with Crippen molar-refractivity contribution in [1.29, 1.82) is 0 Å². The molecule has 1 aromatic heterocycles. The normalized spacial score (nSPS) is 23.1. The minimum atomic E-state index is -2.82. The quantitative estimate of drug-likeness (QED) is 0.840. The van der Waals surface area contributed by atoms with Gasteiger partial charge in [-0.1, -0.05) is 0 Å². The number of amides is 1. The summed E-state index contributed by atoms with van der Waals surface area (Å²) in [7, 11) is -2.82. The van der Waals surface area contributed by atoms with Crippen molar-refractivity contribution in [3.8, 4) is 0 Å². The molecular weight excluding hydrogens is 316 g/mol. The first-order chi connectivity index (χ1) is 10.9. The van der Waals surface area contributed by atoms with Crippen LogP contribution in [0, 0.1) is 13.8 Å². The summed E-state index contributed by atoms with van der Waals surface area (Å²) < 4.78 is 23.1. The third kappa shape index (κ3) is 3.42. The second-order valence-corrected chi connectivity index (χ2v) is 8.82. The van der Waals surface area contributed by atoms with Gasteiger partial charge in [-0.2, -0.15) is 5.10 Å². The second-order valence-electron chi connectivity index (χ2n) is 6.52. The highest BCUT2D eigenvalue weighted by Crippen LogP contribution is 2.21. The number of aromatic amines is 1. The van der Waals surface area contributed by atoms with Gasteiger partial charge in [0.1, 0.15) is 9.84 Å². The molecule has 0 atom stereocenters. The molecule has 8 heteroatoms. The molecule has 0 spiro atoms. The van der Waals surface area contributed by atoms with Crippen LogP contribution in [0.2, 0.25) is 0 Å². The summed E-state index contributed by atoms with van der Waals surface area (Å²) in [6.45, 7) is 6.71. The fraction of sp³-hybridized carbons (Fsp3) is 0.733. The van der Waals surface area contributed by atoms with Crippen LogP contribution in [-0.4, -0.2) is 78.0 Å². The molecule has 0 saturated carbocycles. The molecule has 1 N–H and O–H groups in total. The molecule has 0 aromatic carbocycles. The highest BCUT2D eigenvalue weighted by Gasteiger charge is 2.32. The van der Waals surface area contributed by atoms with Crippen molar-refractivity contribution in [2.24, 2.45) is 0 Å². The number of hydrogen-bond acceptors (Lipinski definition) is 5. The molecule has 0 radical (unpaired) electrons. The Morgan fingerprint density at radius 3 is 2.26 bits per heavy atom. The van der Waals surface area contributed by atoms with E-state index < -0.39 is 9.84 Å². The molecule has 2 saturated heterocycles. The lowest BCUT2D eigenvalue weighted by Crippen LogP contribution is -2.53. The van der Waals surface area contributed by atoms with Crippen molar-refractivity contribution in [1.82, 2.24) is 20.0 Å². The lowest BCUT2D eigenvalue weighted by atomic mass is 10.1. The Labute approximate surface area is 137 Å². The Morgan fingerprint density at radius 1 is 1.13 bits per heavy atom. The Morgan fingerprint density at radius 2 is 1.74 bits per heavy atom. The summed E-state index contributed by atoms with van der Waals surface area (Å²) in [5, 5.41) is 6.95. The van der Waals surface area contributed by atoms with Crippen LogP contribution < -0.4 is 0 Å². The number of sulfone groups is 1. The SMILES string of the molecule is Cc1n[nH]c(C)c1C(=O)N1CCN(C2CCS(=O)(=O)CC2)CC1. The number of piperazine rings is 1. The molecule has 1 aromatic rings. The van der Waals surface area contributed by atoms with E-state index in [0.29, 0.717) is 36.2 Å². The number of carbonyl (C=O) groups is 1. The topological polar surface area (TPSA) is 86.4 Å². The van der Waals surface area contributed by atoms with Crippen molar-refractivity contribution in [2.75, 3.05) is 37.7 Å². The first-order valence-corrected chi connectivity index (χ1v) is 9.95. The average Bonchev–Trinajstić information content (AvgIpc) is 2.86. The molecule has 0 aliphatic carbocycles. The van der Waals surface area contributed by atoms with Gasteiger partial charge in [0, 0.05) is 37.9 Å². The van der Waals surface area contributed by atoms with Crippen LogP contribution in [0.5, 0.6) is 0 Å². The number of carbonyl (C=O) groups excluding carboxylic acids is 1. The maximum absolute atomic E-state index is 12.6. The molecular formula is C15H24N4O3S. The van der Waals surface area contributed by atoms with Crippen LogP contribution in [0.25, 0.3) is 0 Å². The number of nitrogens with one attached hydrogen (secondary N) is 1. The minimum absolute atomic E-state index is 0.0413. The highest BCUT2D eigenvalue weighted by atomic mass is 32.2. The molecule has 2 fully saturated rings. The van der Waals surface area contributed by atoms with E-state index in [2.05, 4.69) is 15.1 Å². The third-order valence-electron chi connectivity index (χ3n) is 4.98. The molecule has 0 bridgehead atoms. The molecule has 2 aliphatic rings. The first kappa shape index (κ1) is 16.4. The van der Waals surface area contributed by atoms with Gasteiger partial charge in [0.05, 0.1) is 22.8 Å². The molecule has 3 rings (SSSR count). The highest BCUT2D eigenvalue weighted by molar-refractivity contribution is 7.91. The van der Waals surface area contributed by atoms with E-state index in [9.17, 15) is 13.2 Å². The number of H-pyrrole nitrogens is 1. The number of hydrogen-bond donors (Lipinski definition) is 1. The van der Waals surface area contributed by atoms with Gasteiger partial charge in [-0.3, -0.25) is 14.8 Å². The molecule has 7 nitrogen and oxygen atoms in total. The van der Waals surface area contributed by atoms with Gasteiger partial charge in [-0.15, -0.1) is 0 Å². The zero-order valence-electron chi connectivity index (χ0n) is 13.7. The van der Waals surface area contributed by atoms with Gasteiger partial charge in [0.15, 0.2) is 0 Å². The fourth-order valence-corrected chi connectivity index (χ4v) is 5.02. The molecule has 3 heterocycles. The Hall–Kier alpha value is -1.41. The van der Waals surface area contributed by atoms with E-state index in [0.717, 1.165) is 37.3 Å². The van der Waals surface area contributed by atoms with E-state index in [1.54, 1.807) is 0 Å². The second kappa shape index (κ2) is 6.24. The lowest BCUT2D eigenvalue weighted by Gasteiger charge is -2.40. The summed E-state index contributed by atoms with van der Waals surface area (Å²) in [4.78, 5) is 16.9. The van der Waals surface area contributed by atoms with Gasteiger partial charge in [-0.25, -0.2) is 8.42 Å². The fourth-order valence-electron chi connectivity index (χ4n) is 3.56. The van der Waals surface area contributed by atoms with Crippen molar-refractivity contribution < 1.29 is 13.2 Å². The summed E-state index contributed by atoms with van der Waals surface area (Å²) in [6.07, 6.45) is 1.44. The van der Waals surface area contributed by atoms with Crippen LogP contribution in [0.3, 0.4) is 0 Å². The van der Waals surface area contributed by atoms with Gasteiger partial charge < -0.3 is 4.90 Å². The number of nitrogens with zero attached hydrogens (tertiary/aromatic N) is 3. The largest absolute Gasteiger partial charge is 0.336 e. The van der Waals surface area contributed by atoms with Crippen molar-refractivity contribution >= 4 is 15.7 Å². The molecule has 23 heavy (non-hydrogen) atoms.